The molecule has 0 aliphatic rings. The van der Waals surface area contributed by atoms with Crippen LogP contribution in [0.25, 0.3) is 11.4 Å². The zero-order chi connectivity index (χ0) is 20.8. The Bertz CT molecular complexity index is 998. The molecule has 0 bridgehead atoms. The summed E-state index contributed by atoms with van der Waals surface area (Å²) in [5, 5.41) is 24.8. The number of thioether (sulfide) groups is 1. The first-order valence-corrected chi connectivity index (χ1v) is 11.1. The van der Waals surface area contributed by atoms with Crippen LogP contribution < -0.4 is 5.32 Å². The second-order valence-electron chi connectivity index (χ2n) is 6.24. The van der Waals surface area contributed by atoms with Gasteiger partial charge in [-0.15, -0.1) is 21.5 Å². The number of aryl methyl sites for hydroxylation is 1. The molecule has 3 rings (SSSR count). The van der Waals surface area contributed by atoms with E-state index in [4.69, 9.17) is 0 Å². The maximum Gasteiger partial charge on any atom is 0.269 e. The molecular formula is C19H21N5O3S2. The third-order valence-electron chi connectivity index (χ3n) is 4.14. The molecule has 1 N–H and O–H groups in total. The predicted molar refractivity (Wildman–Crippen MR) is 115 cm³/mol. The number of nitrogens with one attached hydrogen (secondary N) is 1. The van der Waals surface area contributed by atoms with Crippen LogP contribution in [-0.2, 0) is 17.8 Å². The van der Waals surface area contributed by atoms with Crippen molar-refractivity contribution < 1.29 is 9.72 Å². The standard InChI is InChI=1S/C19H21N5O3S2/c1-3-5-16-10-13(11-28-16)18-21-22-19(23(18)4-2)29-12-17(25)20-14-6-8-15(9-7-14)24(26)27/h6-11H,3-5,12H2,1-2H3,(H,20,25). The molecular weight excluding hydrogens is 410 g/mol. The number of anilines is 1. The number of rotatable bonds is 9. The lowest BCUT2D eigenvalue weighted by Gasteiger charge is -2.07. The zero-order valence-electron chi connectivity index (χ0n) is 16.1. The fraction of sp³-hybridized carbons (Fsp3) is 0.316. The fourth-order valence-electron chi connectivity index (χ4n) is 2.76. The molecule has 0 atom stereocenters. The van der Waals surface area contributed by atoms with Crippen molar-refractivity contribution in [2.24, 2.45) is 0 Å². The second kappa shape index (κ2) is 9.66. The fourth-order valence-corrected chi connectivity index (χ4v) is 4.53. The van der Waals surface area contributed by atoms with Gasteiger partial charge >= 0.3 is 0 Å². The molecule has 3 aromatic rings. The average molecular weight is 432 g/mol. The Labute approximate surface area is 176 Å². The molecule has 0 aliphatic carbocycles. The van der Waals surface area contributed by atoms with Gasteiger partial charge in [-0.2, -0.15) is 0 Å². The van der Waals surface area contributed by atoms with E-state index in [-0.39, 0.29) is 17.3 Å². The monoisotopic (exact) mass is 431 g/mol. The number of benzene rings is 1. The minimum atomic E-state index is -0.477. The maximum atomic E-state index is 12.2. The number of nitro benzene ring substituents is 1. The van der Waals surface area contributed by atoms with Gasteiger partial charge in [-0.05, 0) is 31.5 Å². The Kier molecular flexibility index (Phi) is 6.99. The highest BCUT2D eigenvalue weighted by atomic mass is 32.2. The molecule has 0 saturated heterocycles. The first kappa shape index (κ1) is 21.0. The minimum absolute atomic E-state index is 0.0172. The van der Waals surface area contributed by atoms with Crippen molar-refractivity contribution in [3.05, 3.63) is 50.7 Å². The molecule has 2 heterocycles. The number of nitrogens with zero attached hydrogens (tertiary/aromatic N) is 4. The summed E-state index contributed by atoms with van der Waals surface area (Å²) in [6.07, 6.45) is 2.15. The summed E-state index contributed by atoms with van der Waals surface area (Å²) < 4.78 is 2.00. The smallest absolute Gasteiger partial charge is 0.269 e. The molecule has 0 spiro atoms. The summed E-state index contributed by atoms with van der Waals surface area (Å²) in [5.74, 6) is 0.765. The second-order valence-corrected chi connectivity index (χ2v) is 8.18. The van der Waals surface area contributed by atoms with Crippen molar-refractivity contribution in [1.82, 2.24) is 14.8 Å². The van der Waals surface area contributed by atoms with Crippen LogP contribution in [0.3, 0.4) is 0 Å². The first-order valence-electron chi connectivity index (χ1n) is 9.19. The molecule has 2 aromatic heterocycles. The normalized spacial score (nSPS) is 10.8. The number of nitro groups is 1. The molecule has 0 saturated carbocycles. The third kappa shape index (κ3) is 5.21. The van der Waals surface area contributed by atoms with Crippen LogP contribution in [0, 0.1) is 10.1 Å². The lowest BCUT2D eigenvalue weighted by Crippen LogP contribution is -2.14. The Balaban J connectivity index is 1.63. The molecule has 1 amide bonds. The summed E-state index contributed by atoms with van der Waals surface area (Å²) >= 11 is 3.04. The summed E-state index contributed by atoms with van der Waals surface area (Å²) in [7, 11) is 0. The highest BCUT2D eigenvalue weighted by molar-refractivity contribution is 7.99. The van der Waals surface area contributed by atoms with Gasteiger partial charge in [0.15, 0.2) is 11.0 Å². The van der Waals surface area contributed by atoms with E-state index in [1.165, 1.54) is 40.9 Å². The maximum absolute atomic E-state index is 12.2. The number of amides is 1. The van der Waals surface area contributed by atoms with Gasteiger partial charge in [0.25, 0.3) is 5.69 Å². The molecule has 152 valence electrons. The quantitative estimate of drug-likeness (QED) is 0.301. The lowest BCUT2D eigenvalue weighted by molar-refractivity contribution is -0.384. The molecule has 1 aromatic carbocycles. The number of aromatic nitrogens is 3. The van der Waals surface area contributed by atoms with Gasteiger partial charge in [0.05, 0.1) is 10.7 Å². The van der Waals surface area contributed by atoms with Crippen LogP contribution in [0.1, 0.15) is 25.1 Å². The Morgan fingerprint density at radius 1 is 1.28 bits per heavy atom. The number of hydrogen-bond acceptors (Lipinski definition) is 7. The van der Waals surface area contributed by atoms with E-state index in [9.17, 15) is 14.9 Å². The number of hydrogen-bond donors (Lipinski definition) is 1. The van der Waals surface area contributed by atoms with E-state index in [0.29, 0.717) is 17.4 Å². The summed E-state index contributed by atoms with van der Waals surface area (Å²) in [5.41, 5.74) is 1.55. The van der Waals surface area contributed by atoms with Crippen molar-refractivity contribution in [2.45, 2.75) is 38.4 Å². The van der Waals surface area contributed by atoms with Gasteiger partial charge in [-0.3, -0.25) is 14.9 Å². The van der Waals surface area contributed by atoms with Gasteiger partial charge < -0.3 is 9.88 Å². The number of non-ortho nitro benzene ring substituents is 1. The average Bonchev–Trinajstić information content (AvgIpc) is 3.33. The van der Waals surface area contributed by atoms with Crippen molar-refractivity contribution in [3.63, 3.8) is 0 Å². The molecule has 0 radical (unpaired) electrons. The van der Waals surface area contributed by atoms with Crippen molar-refractivity contribution in [2.75, 3.05) is 11.1 Å². The minimum Gasteiger partial charge on any atom is -0.325 e. The van der Waals surface area contributed by atoms with E-state index < -0.39 is 4.92 Å². The molecule has 29 heavy (non-hydrogen) atoms. The van der Waals surface area contributed by atoms with Gasteiger partial charge in [0, 0.05) is 40.2 Å². The number of thiophene rings is 1. The van der Waals surface area contributed by atoms with Gasteiger partial charge in [0.2, 0.25) is 5.91 Å². The third-order valence-corrected chi connectivity index (χ3v) is 6.10. The van der Waals surface area contributed by atoms with E-state index in [1.54, 1.807) is 11.3 Å². The van der Waals surface area contributed by atoms with Crippen LogP contribution in [0.15, 0.2) is 40.9 Å². The van der Waals surface area contributed by atoms with Crippen molar-refractivity contribution >= 4 is 40.4 Å². The Morgan fingerprint density at radius 2 is 2.03 bits per heavy atom. The number of carbonyl (C=O) groups is 1. The molecule has 10 heteroatoms. The highest BCUT2D eigenvalue weighted by Crippen LogP contribution is 2.28. The largest absolute Gasteiger partial charge is 0.325 e. The molecule has 0 aliphatic heterocycles. The first-order chi connectivity index (χ1) is 14.0. The van der Waals surface area contributed by atoms with Crippen molar-refractivity contribution in [1.29, 1.82) is 0 Å². The van der Waals surface area contributed by atoms with Crippen LogP contribution in [-0.4, -0.2) is 31.3 Å². The zero-order valence-corrected chi connectivity index (χ0v) is 17.8. The number of carbonyl (C=O) groups excluding carboxylic acids is 1. The van der Waals surface area contributed by atoms with E-state index in [2.05, 4.69) is 33.9 Å². The Hall–Kier alpha value is -2.72. The van der Waals surface area contributed by atoms with Crippen LogP contribution in [0.5, 0.6) is 0 Å². The van der Waals surface area contributed by atoms with Gasteiger partial charge in [0.1, 0.15) is 0 Å². The molecule has 0 fully saturated rings. The van der Waals surface area contributed by atoms with Crippen molar-refractivity contribution in [3.8, 4) is 11.4 Å². The van der Waals surface area contributed by atoms with E-state index in [0.717, 1.165) is 24.2 Å². The van der Waals surface area contributed by atoms with Crippen LogP contribution >= 0.6 is 23.1 Å². The summed E-state index contributed by atoms with van der Waals surface area (Å²) in [6.45, 7) is 4.88. The molecule has 0 unspecified atom stereocenters. The van der Waals surface area contributed by atoms with Crippen LogP contribution in [0.2, 0.25) is 0 Å². The van der Waals surface area contributed by atoms with Gasteiger partial charge in [-0.1, -0.05) is 25.1 Å². The SMILES string of the molecule is CCCc1cc(-c2nnc(SCC(=O)Nc3ccc([N+](=O)[O-])cc3)n2CC)cs1. The summed E-state index contributed by atoms with van der Waals surface area (Å²) in [4.78, 5) is 23.8. The topological polar surface area (TPSA) is 103 Å². The predicted octanol–water partition coefficient (Wildman–Crippen LogP) is 4.62. The molecule has 8 nitrogen and oxygen atoms in total. The van der Waals surface area contributed by atoms with Gasteiger partial charge in [-0.25, -0.2) is 0 Å². The van der Waals surface area contributed by atoms with E-state index in [1.807, 2.05) is 11.5 Å². The highest BCUT2D eigenvalue weighted by Gasteiger charge is 2.16. The van der Waals surface area contributed by atoms with E-state index >= 15 is 0 Å². The van der Waals surface area contributed by atoms with Crippen LogP contribution in [0.4, 0.5) is 11.4 Å². The lowest BCUT2D eigenvalue weighted by atomic mass is 10.2. The Morgan fingerprint density at radius 3 is 2.69 bits per heavy atom. The summed E-state index contributed by atoms with van der Waals surface area (Å²) in [6, 6.07) is 7.89.